The van der Waals surface area contributed by atoms with Gasteiger partial charge in [-0.05, 0) is 58.1 Å². The van der Waals surface area contributed by atoms with Crippen LogP contribution in [-0.2, 0) is 0 Å². The van der Waals surface area contributed by atoms with E-state index in [0.29, 0.717) is 28.3 Å². The molecule has 0 N–H and O–H groups in total. The molecule has 0 aliphatic rings. The summed E-state index contributed by atoms with van der Waals surface area (Å²) in [5.74, 6) is 0.988. The highest BCUT2D eigenvalue weighted by Gasteiger charge is 2.18. The SMILES string of the molecule is [2H]c1c([2H])c([2H])c(-n2c3c([2H])c([2H])c([2H])c([2H])c3c3c([2H])c([2H])c([2H])c(-c4cccc(-c5nc(-c6ccc(-c7ccccc7)cc6)nc(-c6cccc(-c7ccccc7)c6)n5)c4)c32)c([2H])c1[2H]. The predicted molar refractivity (Wildman–Crippen MR) is 227 cm³/mol. The Morgan fingerprint density at radius 3 is 1.55 bits per heavy atom. The number of rotatable bonds is 7. The third kappa shape index (κ3) is 6.06. The number of aromatic nitrogens is 4. The summed E-state index contributed by atoms with van der Waals surface area (Å²) in [6.07, 6.45) is 0. The molecular formula is C51H34N4. The Kier molecular flexibility index (Phi) is 5.52. The average molecular weight is 715 g/mol. The first-order valence-corrected chi connectivity index (χ1v) is 17.5. The summed E-state index contributed by atoms with van der Waals surface area (Å²) in [5.41, 5.74) is 5.27. The summed E-state index contributed by atoms with van der Waals surface area (Å²) in [5, 5.41) is -0.358. The highest BCUT2D eigenvalue weighted by molar-refractivity contribution is 6.13. The molecule has 0 amide bonds. The van der Waals surface area contributed by atoms with Crippen LogP contribution in [0.3, 0.4) is 0 Å². The largest absolute Gasteiger partial charge is 0.309 e. The van der Waals surface area contributed by atoms with E-state index < -0.39 is 78.2 Å². The minimum atomic E-state index is -0.699. The summed E-state index contributed by atoms with van der Waals surface area (Å²) in [4.78, 5) is 15.0. The molecule has 258 valence electrons. The number of fused-ring (bicyclic) bond motifs is 3. The molecule has 4 heteroatoms. The fraction of sp³-hybridized carbons (Fsp3) is 0. The molecule has 0 atom stereocenters. The van der Waals surface area contributed by atoms with Crippen molar-refractivity contribution in [2.75, 3.05) is 0 Å². The molecule has 4 nitrogen and oxygen atoms in total. The van der Waals surface area contributed by atoms with Crippen LogP contribution in [-0.4, -0.2) is 19.5 Å². The third-order valence-electron chi connectivity index (χ3n) is 9.45. The third-order valence-corrected chi connectivity index (χ3v) is 9.45. The zero-order valence-corrected chi connectivity index (χ0v) is 29.0. The van der Waals surface area contributed by atoms with Gasteiger partial charge in [-0.3, -0.25) is 0 Å². The molecule has 0 saturated heterocycles. The van der Waals surface area contributed by atoms with Gasteiger partial charge >= 0.3 is 0 Å². The second kappa shape index (κ2) is 13.8. The lowest BCUT2D eigenvalue weighted by Gasteiger charge is -2.13. The maximum Gasteiger partial charge on any atom is 0.164 e. The van der Waals surface area contributed by atoms with Crippen molar-refractivity contribution in [1.29, 1.82) is 0 Å². The second-order valence-corrected chi connectivity index (χ2v) is 12.8. The lowest BCUT2D eigenvalue weighted by molar-refractivity contribution is 1.07. The Morgan fingerprint density at radius 1 is 0.364 bits per heavy atom. The molecule has 0 spiro atoms. The Labute approximate surface area is 336 Å². The van der Waals surface area contributed by atoms with Crippen molar-refractivity contribution in [2.24, 2.45) is 0 Å². The van der Waals surface area contributed by atoms with E-state index in [1.54, 1.807) is 24.3 Å². The van der Waals surface area contributed by atoms with Crippen LogP contribution in [0.15, 0.2) is 206 Å². The first kappa shape index (κ1) is 21.9. The van der Waals surface area contributed by atoms with Gasteiger partial charge in [0, 0.05) is 38.7 Å². The molecule has 0 bridgehead atoms. The van der Waals surface area contributed by atoms with Crippen LogP contribution in [0, 0.1) is 0 Å². The molecule has 0 unspecified atom stereocenters. The predicted octanol–water partition coefficient (Wildman–Crippen LogP) is 13.0. The van der Waals surface area contributed by atoms with E-state index >= 15 is 0 Å². The first-order chi connectivity index (χ1) is 32.2. The van der Waals surface area contributed by atoms with E-state index in [2.05, 4.69) is 0 Å². The van der Waals surface area contributed by atoms with Crippen molar-refractivity contribution in [2.45, 2.75) is 0 Å². The van der Waals surface area contributed by atoms with Crippen LogP contribution >= 0.6 is 0 Å². The lowest BCUT2D eigenvalue weighted by Crippen LogP contribution is -2.00. The molecule has 0 saturated carbocycles. The molecule has 10 aromatic rings. The summed E-state index contributed by atoms with van der Waals surface area (Å²) in [7, 11) is 0. The van der Waals surface area contributed by atoms with Crippen LogP contribution in [0.1, 0.15) is 16.4 Å². The van der Waals surface area contributed by atoms with E-state index in [4.69, 9.17) is 28.7 Å². The monoisotopic (exact) mass is 714 g/mol. The Hall–Kier alpha value is -7.43. The van der Waals surface area contributed by atoms with Gasteiger partial charge in [0.25, 0.3) is 0 Å². The zero-order chi connectivity index (χ0) is 47.0. The highest BCUT2D eigenvalue weighted by Crippen LogP contribution is 2.39. The first-order valence-electron chi connectivity index (χ1n) is 23.5. The quantitative estimate of drug-likeness (QED) is 0.165. The molecule has 0 fully saturated rings. The van der Waals surface area contributed by atoms with E-state index in [9.17, 15) is 2.74 Å². The fourth-order valence-corrected chi connectivity index (χ4v) is 6.85. The summed E-state index contributed by atoms with van der Waals surface area (Å²) < 4.78 is 108. The molecule has 0 aliphatic carbocycles. The molecule has 2 heterocycles. The maximum atomic E-state index is 9.42. The number of hydrogen-bond acceptors (Lipinski definition) is 3. The topological polar surface area (TPSA) is 43.6 Å². The second-order valence-electron chi connectivity index (χ2n) is 12.8. The number of benzene rings is 8. The van der Waals surface area contributed by atoms with Crippen molar-refractivity contribution in [3.8, 4) is 73.2 Å². The van der Waals surface area contributed by atoms with E-state index in [1.807, 2.05) is 109 Å². The number of hydrogen-bond donors (Lipinski definition) is 0. The smallest absolute Gasteiger partial charge is 0.164 e. The van der Waals surface area contributed by atoms with Gasteiger partial charge in [-0.25, -0.2) is 15.0 Å². The Morgan fingerprint density at radius 2 is 0.855 bits per heavy atom. The van der Waals surface area contributed by atoms with Gasteiger partial charge in [0.2, 0.25) is 0 Å². The number of nitrogens with zero attached hydrogens (tertiary/aromatic N) is 4. The van der Waals surface area contributed by atoms with Crippen molar-refractivity contribution < 1.29 is 16.4 Å². The lowest BCUT2D eigenvalue weighted by atomic mass is 9.99. The van der Waals surface area contributed by atoms with Gasteiger partial charge < -0.3 is 4.57 Å². The average Bonchev–Trinajstić information content (AvgIpc) is 3.71. The molecule has 2 aromatic heterocycles. The summed E-state index contributed by atoms with van der Waals surface area (Å²) >= 11 is 0. The fourth-order valence-electron chi connectivity index (χ4n) is 6.85. The van der Waals surface area contributed by atoms with Gasteiger partial charge in [0.05, 0.1) is 27.5 Å². The molecule has 8 aromatic carbocycles. The minimum absolute atomic E-state index is 0.0284. The van der Waals surface area contributed by atoms with E-state index in [0.717, 1.165) is 26.8 Å². The van der Waals surface area contributed by atoms with Gasteiger partial charge in [0.1, 0.15) is 0 Å². The van der Waals surface area contributed by atoms with Crippen LogP contribution in [0.4, 0.5) is 0 Å². The molecule has 10 rings (SSSR count). The Bertz CT molecular complexity index is 3630. The van der Waals surface area contributed by atoms with Gasteiger partial charge in [0.15, 0.2) is 17.5 Å². The standard InChI is InChI=1S/C51H34N4/c1-4-15-35(16-5-1)37-29-31-38(32-30-37)49-52-50(41-21-12-19-39(33-41)36-17-6-2-7-18-36)54-51(53-49)42-22-13-20-40(34-42)44-26-14-27-46-45-25-10-11-28-47(45)55(48(44)46)43-23-8-3-9-24-43/h1-34H/i3D,8D,9D,10D,11D,14D,23D,24D,25D,26D,27D,28D. The van der Waals surface area contributed by atoms with Gasteiger partial charge in [-0.2, -0.15) is 0 Å². The van der Waals surface area contributed by atoms with Gasteiger partial charge in [-0.1, -0.05) is 176 Å². The molecular weight excluding hydrogens is 669 g/mol. The normalized spacial score (nSPS) is 14.3. The summed E-state index contributed by atoms with van der Waals surface area (Å²) in [6, 6.07) is 34.9. The van der Waals surface area contributed by atoms with E-state index in [1.165, 1.54) is 0 Å². The zero-order valence-electron chi connectivity index (χ0n) is 41.0. The highest BCUT2D eigenvalue weighted by atomic mass is 15.0. The number of para-hydroxylation sites is 3. The molecule has 0 aliphatic heterocycles. The van der Waals surface area contributed by atoms with Crippen LogP contribution in [0.25, 0.3) is 95.0 Å². The maximum absolute atomic E-state index is 9.42. The van der Waals surface area contributed by atoms with Crippen molar-refractivity contribution in [1.82, 2.24) is 19.5 Å². The minimum Gasteiger partial charge on any atom is -0.309 e. The Balaban J connectivity index is 1.24. The van der Waals surface area contributed by atoms with Crippen molar-refractivity contribution in [3.63, 3.8) is 0 Å². The molecule has 55 heavy (non-hydrogen) atoms. The summed E-state index contributed by atoms with van der Waals surface area (Å²) in [6.45, 7) is 0. The van der Waals surface area contributed by atoms with Crippen LogP contribution in [0.2, 0.25) is 0 Å². The van der Waals surface area contributed by atoms with Crippen LogP contribution < -0.4 is 0 Å². The van der Waals surface area contributed by atoms with Crippen molar-refractivity contribution >= 4 is 21.8 Å². The van der Waals surface area contributed by atoms with E-state index in [-0.39, 0.29) is 38.8 Å². The van der Waals surface area contributed by atoms with Gasteiger partial charge in [-0.15, -0.1) is 0 Å². The molecule has 0 radical (unpaired) electrons. The van der Waals surface area contributed by atoms with Crippen molar-refractivity contribution in [3.05, 3.63) is 206 Å². The van der Waals surface area contributed by atoms with Crippen LogP contribution in [0.5, 0.6) is 0 Å².